The molecule has 19 heavy (non-hydrogen) atoms. The van der Waals surface area contributed by atoms with Gasteiger partial charge in [-0.15, -0.1) is 21.8 Å². The van der Waals surface area contributed by atoms with E-state index in [0.29, 0.717) is 17.4 Å². The number of ether oxygens (including phenoxy) is 1. The molecule has 0 spiro atoms. The van der Waals surface area contributed by atoms with E-state index >= 15 is 0 Å². The van der Waals surface area contributed by atoms with Gasteiger partial charge in [0, 0.05) is 26.5 Å². The molecule has 1 aromatic rings. The highest BCUT2D eigenvalue weighted by molar-refractivity contribution is 7.15. The van der Waals surface area contributed by atoms with Crippen molar-refractivity contribution in [3.63, 3.8) is 0 Å². The molecule has 1 N–H and O–H groups in total. The Balaban J connectivity index is 2.20. The summed E-state index contributed by atoms with van der Waals surface area (Å²) in [6.07, 6.45) is -0.399. The number of urea groups is 1. The first-order chi connectivity index (χ1) is 9.10. The molecule has 1 aliphatic heterocycles. The second-order valence-corrected chi connectivity index (χ2v) is 5.54. The van der Waals surface area contributed by atoms with Crippen LogP contribution in [0.2, 0.25) is 0 Å². The van der Waals surface area contributed by atoms with Gasteiger partial charge < -0.3 is 14.7 Å². The molecule has 2 amide bonds. The van der Waals surface area contributed by atoms with E-state index in [9.17, 15) is 9.90 Å². The number of anilines is 1. The molecule has 7 nitrogen and oxygen atoms in total. The van der Waals surface area contributed by atoms with Gasteiger partial charge in [0.15, 0.2) is 6.23 Å². The van der Waals surface area contributed by atoms with E-state index in [0.717, 1.165) is 5.01 Å². The van der Waals surface area contributed by atoms with E-state index in [1.54, 1.807) is 7.05 Å². The minimum absolute atomic E-state index is 0.257. The summed E-state index contributed by atoms with van der Waals surface area (Å²) in [5, 5.41) is 19.2. The van der Waals surface area contributed by atoms with Crippen LogP contribution in [-0.2, 0) is 11.2 Å². The summed E-state index contributed by atoms with van der Waals surface area (Å²) in [5.41, 5.74) is 0. The van der Waals surface area contributed by atoms with Crippen LogP contribution in [-0.4, -0.2) is 65.1 Å². The quantitative estimate of drug-likeness (QED) is 0.803. The van der Waals surface area contributed by atoms with Crippen LogP contribution in [0.3, 0.4) is 0 Å². The van der Waals surface area contributed by atoms with Crippen LogP contribution in [0.4, 0.5) is 9.93 Å². The number of aliphatic hydroxyl groups excluding tert-OH is 1. The molecule has 9 heteroatoms. The number of carbonyl (C=O) groups excluding carboxylic acids is 1. The van der Waals surface area contributed by atoms with Crippen LogP contribution in [0, 0.1) is 0 Å². The zero-order valence-electron chi connectivity index (χ0n) is 10.6. The topological polar surface area (TPSA) is 78.8 Å². The summed E-state index contributed by atoms with van der Waals surface area (Å²) in [6.45, 7) is 0.257. The summed E-state index contributed by atoms with van der Waals surface area (Å²) in [5.74, 6) is 0.442. The van der Waals surface area contributed by atoms with Gasteiger partial charge in [0.05, 0.1) is 6.61 Å². The lowest BCUT2D eigenvalue weighted by atomic mass is 10.3. The van der Waals surface area contributed by atoms with Gasteiger partial charge in [0.1, 0.15) is 11.0 Å². The second-order valence-electron chi connectivity index (χ2n) is 4.12. The molecular formula is C10H15ClN4O3S. The number of methoxy groups -OCH3 is 1. The Hall–Kier alpha value is -0.960. The van der Waals surface area contributed by atoms with Crippen LogP contribution in [0.15, 0.2) is 0 Å². The Morgan fingerprint density at radius 1 is 1.53 bits per heavy atom. The number of carbonyl (C=O) groups is 1. The Labute approximate surface area is 119 Å². The van der Waals surface area contributed by atoms with E-state index < -0.39 is 12.3 Å². The van der Waals surface area contributed by atoms with Gasteiger partial charge in [0.25, 0.3) is 0 Å². The first-order valence-electron chi connectivity index (χ1n) is 5.71. The van der Waals surface area contributed by atoms with Crippen LogP contribution < -0.4 is 4.90 Å². The number of aliphatic hydroxyl groups is 1. The number of likely N-dealkylation sites (N-methyl/N-ethyl adjacent to an activating group) is 1. The summed E-state index contributed by atoms with van der Waals surface area (Å²) in [6, 6.07) is -0.735. The smallest absolute Gasteiger partial charge is 0.328 e. The van der Waals surface area contributed by atoms with Gasteiger partial charge in [-0.3, -0.25) is 0 Å². The molecule has 1 aromatic heterocycles. The van der Waals surface area contributed by atoms with Crippen molar-refractivity contribution in [3.05, 3.63) is 5.01 Å². The van der Waals surface area contributed by atoms with Gasteiger partial charge in [-0.2, -0.15) is 0 Å². The average molecular weight is 307 g/mol. The SMILES string of the molecule is COCC1C(O)N(c2nnc(CCCl)s2)C(=O)N1C. The minimum atomic E-state index is -0.991. The molecule has 2 unspecified atom stereocenters. The van der Waals surface area contributed by atoms with Crippen molar-refractivity contribution in [1.29, 1.82) is 0 Å². The third kappa shape index (κ3) is 2.66. The van der Waals surface area contributed by atoms with Crippen LogP contribution in [0.5, 0.6) is 0 Å². The van der Waals surface area contributed by atoms with Gasteiger partial charge in [-0.1, -0.05) is 11.3 Å². The van der Waals surface area contributed by atoms with Gasteiger partial charge in [-0.05, 0) is 0 Å². The van der Waals surface area contributed by atoms with Crippen molar-refractivity contribution in [2.45, 2.75) is 18.7 Å². The van der Waals surface area contributed by atoms with E-state index in [4.69, 9.17) is 16.3 Å². The Morgan fingerprint density at radius 2 is 2.26 bits per heavy atom. The van der Waals surface area contributed by atoms with E-state index in [2.05, 4.69) is 10.2 Å². The molecular weight excluding hydrogens is 292 g/mol. The third-order valence-electron chi connectivity index (χ3n) is 2.92. The van der Waals surface area contributed by atoms with Crippen molar-refractivity contribution in [2.75, 3.05) is 31.5 Å². The monoisotopic (exact) mass is 306 g/mol. The fourth-order valence-electron chi connectivity index (χ4n) is 1.88. The zero-order chi connectivity index (χ0) is 14.0. The number of alkyl halides is 1. The highest BCUT2D eigenvalue weighted by atomic mass is 35.5. The first kappa shape index (κ1) is 14.4. The Kier molecular flexibility index (Phi) is 4.56. The van der Waals surface area contributed by atoms with E-state index in [1.807, 2.05) is 0 Å². The normalized spacial score (nSPS) is 23.5. The minimum Gasteiger partial charge on any atom is -0.382 e. The molecule has 0 bridgehead atoms. The summed E-state index contributed by atoms with van der Waals surface area (Å²) < 4.78 is 5.01. The van der Waals surface area contributed by atoms with Crippen molar-refractivity contribution in [2.24, 2.45) is 0 Å². The second kappa shape index (κ2) is 6.00. The van der Waals surface area contributed by atoms with Crippen molar-refractivity contribution in [3.8, 4) is 0 Å². The number of aryl methyl sites for hydroxylation is 1. The molecule has 106 valence electrons. The average Bonchev–Trinajstić information content (AvgIpc) is 2.90. The predicted molar refractivity (Wildman–Crippen MR) is 71.6 cm³/mol. The van der Waals surface area contributed by atoms with Crippen molar-refractivity contribution in [1.82, 2.24) is 15.1 Å². The van der Waals surface area contributed by atoms with Gasteiger partial charge >= 0.3 is 6.03 Å². The maximum absolute atomic E-state index is 12.1. The standard InChI is InChI=1S/C10H15ClN4O3S/c1-14-6(5-18-2)8(16)15(10(14)17)9-13-12-7(19-9)3-4-11/h6,8,16H,3-5H2,1-2H3. The molecule has 1 aliphatic rings. The van der Waals surface area contributed by atoms with Gasteiger partial charge in [0.2, 0.25) is 5.13 Å². The summed E-state index contributed by atoms with van der Waals surface area (Å²) in [7, 11) is 3.15. The maximum atomic E-state index is 12.1. The van der Waals surface area contributed by atoms with Crippen molar-refractivity contribution < 1.29 is 14.6 Å². The van der Waals surface area contributed by atoms with Crippen LogP contribution in [0.1, 0.15) is 5.01 Å². The fourth-order valence-corrected chi connectivity index (χ4v) is 3.04. The van der Waals surface area contributed by atoms with Crippen molar-refractivity contribution >= 4 is 34.1 Å². The molecule has 2 rings (SSSR count). The molecule has 2 heterocycles. The van der Waals surface area contributed by atoms with E-state index in [1.165, 1.54) is 28.2 Å². The highest BCUT2D eigenvalue weighted by Gasteiger charge is 2.45. The number of amides is 2. The van der Waals surface area contributed by atoms with E-state index in [-0.39, 0.29) is 12.6 Å². The number of halogens is 1. The Morgan fingerprint density at radius 3 is 2.89 bits per heavy atom. The zero-order valence-corrected chi connectivity index (χ0v) is 12.2. The third-order valence-corrected chi connectivity index (χ3v) is 4.09. The lowest BCUT2D eigenvalue weighted by Gasteiger charge is -2.19. The summed E-state index contributed by atoms with van der Waals surface area (Å²) in [4.78, 5) is 14.8. The number of nitrogens with zero attached hydrogens (tertiary/aromatic N) is 4. The number of hydrogen-bond acceptors (Lipinski definition) is 6. The molecule has 0 aromatic carbocycles. The fraction of sp³-hybridized carbons (Fsp3) is 0.700. The lowest BCUT2D eigenvalue weighted by Crippen LogP contribution is -2.39. The predicted octanol–water partition coefficient (Wildman–Crippen LogP) is 0.525. The van der Waals surface area contributed by atoms with Gasteiger partial charge in [-0.25, -0.2) is 9.69 Å². The number of aromatic nitrogens is 2. The summed E-state index contributed by atoms with van der Waals surface area (Å²) >= 11 is 6.89. The molecule has 0 radical (unpaired) electrons. The Bertz CT molecular complexity index is 458. The molecule has 1 fully saturated rings. The lowest BCUT2D eigenvalue weighted by molar-refractivity contribution is 0.0633. The molecule has 1 saturated heterocycles. The first-order valence-corrected chi connectivity index (χ1v) is 7.06. The maximum Gasteiger partial charge on any atom is 0.328 e. The van der Waals surface area contributed by atoms with Crippen LogP contribution in [0.25, 0.3) is 0 Å². The number of hydrogen-bond donors (Lipinski definition) is 1. The molecule has 2 atom stereocenters. The highest BCUT2D eigenvalue weighted by Crippen LogP contribution is 2.29. The number of rotatable bonds is 5. The molecule has 0 saturated carbocycles. The molecule has 0 aliphatic carbocycles. The largest absolute Gasteiger partial charge is 0.382 e. The van der Waals surface area contributed by atoms with Crippen LogP contribution >= 0.6 is 22.9 Å².